The van der Waals surface area contributed by atoms with Gasteiger partial charge in [0.25, 0.3) is 5.91 Å². The number of rotatable bonds is 9. The van der Waals surface area contributed by atoms with E-state index < -0.39 is 48.7 Å². The molecule has 0 fully saturated rings. The van der Waals surface area contributed by atoms with Gasteiger partial charge in [0.15, 0.2) is 0 Å². The van der Waals surface area contributed by atoms with Crippen molar-refractivity contribution in [1.82, 2.24) is 10.2 Å². The van der Waals surface area contributed by atoms with E-state index in [0.29, 0.717) is 22.6 Å². The molecule has 0 bridgehead atoms. The summed E-state index contributed by atoms with van der Waals surface area (Å²) in [6.07, 6.45) is -0.948. The molecule has 2 aromatic carbocycles. The topological polar surface area (TPSA) is 161 Å². The summed E-state index contributed by atoms with van der Waals surface area (Å²) in [7, 11) is 1.51. The zero-order chi connectivity index (χ0) is 27.8. The number of alkyl carbamates (subject to hydrolysis) is 1. The maximum Gasteiger partial charge on any atom is 0.408 e. The third kappa shape index (κ3) is 8.12. The van der Waals surface area contributed by atoms with Gasteiger partial charge in [0.05, 0.1) is 19.8 Å². The number of phenols is 1. The van der Waals surface area contributed by atoms with E-state index in [1.54, 1.807) is 52.0 Å². The Labute approximate surface area is 215 Å². The molecule has 4 N–H and O–H groups in total. The van der Waals surface area contributed by atoms with Crippen LogP contribution >= 0.6 is 0 Å². The summed E-state index contributed by atoms with van der Waals surface area (Å²) in [5.74, 6) is -0.983. The van der Waals surface area contributed by atoms with E-state index in [9.17, 15) is 29.9 Å². The van der Waals surface area contributed by atoms with E-state index in [-0.39, 0.29) is 5.75 Å². The number of nitrogens with zero attached hydrogens (tertiary/aromatic N) is 2. The number of benzene rings is 2. The summed E-state index contributed by atoms with van der Waals surface area (Å²) in [5.41, 5.74) is 0.291. The van der Waals surface area contributed by atoms with Gasteiger partial charge in [-0.05, 0) is 75.2 Å². The number of ether oxygens (including phenoxy) is 2. The molecular weight excluding hydrogens is 480 g/mol. The van der Waals surface area contributed by atoms with Gasteiger partial charge in [0.1, 0.15) is 35.7 Å². The quantitative estimate of drug-likeness (QED) is 0.373. The molecule has 2 unspecified atom stereocenters. The van der Waals surface area contributed by atoms with Gasteiger partial charge in [-0.25, -0.2) is 4.79 Å². The van der Waals surface area contributed by atoms with E-state index in [4.69, 9.17) is 9.47 Å². The number of nitrogens with one attached hydrogen (secondary N) is 2. The number of methoxy groups -OCH3 is 1. The molecule has 11 heteroatoms. The standard InChI is InChI=1S/C26H32N4O7/c1-16-14-17(6-11-21(16)32)22(23(33)28-18-7-9-19(36-5)10-8-18)30(13-12-27)24(34)20(15-31)29-25(35)37-26(2,3)4/h6-11,14,20,22,31-32H,13,15H2,1-5H3,(H,28,33)(H,29,35). The predicted molar refractivity (Wildman–Crippen MR) is 135 cm³/mol. The van der Waals surface area contributed by atoms with Crippen molar-refractivity contribution < 1.29 is 34.1 Å². The lowest BCUT2D eigenvalue weighted by molar-refractivity contribution is -0.140. The van der Waals surface area contributed by atoms with Gasteiger partial charge >= 0.3 is 6.09 Å². The summed E-state index contributed by atoms with van der Waals surface area (Å²) in [6.45, 7) is 5.19. The number of aromatic hydroxyl groups is 1. The number of amides is 3. The smallest absolute Gasteiger partial charge is 0.408 e. The number of aryl methyl sites for hydroxylation is 1. The summed E-state index contributed by atoms with van der Waals surface area (Å²) in [4.78, 5) is 40.2. The molecule has 0 radical (unpaired) electrons. The molecular formula is C26H32N4O7. The minimum atomic E-state index is -1.49. The Balaban J connectivity index is 2.47. The first kappa shape index (κ1) is 28.9. The lowest BCUT2D eigenvalue weighted by Gasteiger charge is -2.32. The van der Waals surface area contributed by atoms with Crippen LogP contribution in [0.15, 0.2) is 42.5 Å². The maximum atomic E-state index is 13.5. The largest absolute Gasteiger partial charge is 0.508 e. The Bertz CT molecular complexity index is 1150. The van der Waals surface area contributed by atoms with Gasteiger partial charge in [-0.15, -0.1) is 0 Å². The van der Waals surface area contributed by atoms with Crippen molar-refractivity contribution in [3.63, 3.8) is 0 Å². The number of hydrogen-bond acceptors (Lipinski definition) is 8. The van der Waals surface area contributed by atoms with Crippen LogP contribution in [0.4, 0.5) is 10.5 Å². The summed E-state index contributed by atoms with van der Waals surface area (Å²) < 4.78 is 10.3. The Hall–Kier alpha value is -4.30. The molecule has 198 valence electrons. The Kier molecular flexibility index (Phi) is 9.85. The zero-order valence-electron chi connectivity index (χ0n) is 21.4. The number of phenolic OH excluding ortho intramolecular Hbond substituents is 1. The zero-order valence-corrected chi connectivity index (χ0v) is 21.4. The third-order valence-corrected chi connectivity index (χ3v) is 5.15. The van der Waals surface area contributed by atoms with E-state index in [1.807, 2.05) is 6.07 Å². The fourth-order valence-corrected chi connectivity index (χ4v) is 3.41. The van der Waals surface area contributed by atoms with Crippen molar-refractivity contribution in [2.45, 2.75) is 45.4 Å². The highest BCUT2D eigenvalue weighted by Crippen LogP contribution is 2.28. The summed E-state index contributed by atoms with van der Waals surface area (Å²) >= 11 is 0. The molecule has 0 spiro atoms. The average Bonchev–Trinajstić information content (AvgIpc) is 2.83. The van der Waals surface area contributed by atoms with E-state index >= 15 is 0 Å². The van der Waals surface area contributed by atoms with E-state index in [2.05, 4.69) is 10.6 Å². The van der Waals surface area contributed by atoms with Crippen molar-refractivity contribution >= 4 is 23.6 Å². The van der Waals surface area contributed by atoms with Gasteiger partial charge in [-0.1, -0.05) is 6.07 Å². The van der Waals surface area contributed by atoms with Crippen LogP contribution in [0, 0.1) is 18.3 Å². The molecule has 0 aromatic heterocycles. The van der Waals surface area contributed by atoms with Crippen LogP contribution in [0.25, 0.3) is 0 Å². The molecule has 0 aliphatic heterocycles. The second kappa shape index (κ2) is 12.6. The Morgan fingerprint density at radius 3 is 2.30 bits per heavy atom. The van der Waals surface area contributed by atoms with Crippen molar-refractivity contribution in [3.8, 4) is 17.6 Å². The second-order valence-corrected chi connectivity index (χ2v) is 9.17. The lowest BCUT2D eigenvalue weighted by Crippen LogP contribution is -2.54. The second-order valence-electron chi connectivity index (χ2n) is 9.17. The maximum absolute atomic E-state index is 13.5. The van der Waals surface area contributed by atoms with Crippen molar-refractivity contribution in [1.29, 1.82) is 5.26 Å². The normalized spacial score (nSPS) is 12.5. The fraction of sp³-hybridized carbons (Fsp3) is 0.385. The van der Waals surface area contributed by atoms with Gasteiger partial charge < -0.3 is 35.2 Å². The Morgan fingerprint density at radius 1 is 1.14 bits per heavy atom. The van der Waals surface area contributed by atoms with Crippen LogP contribution in [-0.2, 0) is 14.3 Å². The highest BCUT2D eigenvalue weighted by atomic mass is 16.6. The van der Waals surface area contributed by atoms with Crippen LogP contribution in [0.5, 0.6) is 11.5 Å². The number of aliphatic hydroxyl groups excluding tert-OH is 1. The van der Waals surface area contributed by atoms with Crippen molar-refractivity contribution in [2.24, 2.45) is 0 Å². The highest BCUT2D eigenvalue weighted by molar-refractivity contribution is 5.99. The number of hydrogen-bond donors (Lipinski definition) is 4. The van der Waals surface area contributed by atoms with Crippen LogP contribution in [0.3, 0.4) is 0 Å². The molecule has 0 aliphatic rings. The minimum Gasteiger partial charge on any atom is -0.508 e. The first-order chi connectivity index (χ1) is 17.4. The Morgan fingerprint density at radius 2 is 1.78 bits per heavy atom. The molecule has 2 rings (SSSR count). The monoisotopic (exact) mass is 512 g/mol. The number of nitriles is 1. The van der Waals surface area contributed by atoms with Gasteiger partial charge in [0.2, 0.25) is 5.91 Å². The summed E-state index contributed by atoms with van der Waals surface area (Å²) in [5, 5.41) is 34.3. The number of carbonyl (C=O) groups excluding carboxylic acids is 3. The molecule has 11 nitrogen and oxygen atoms in total. The molecule has 0 heterocycles. The molecule has 2 aromatic rings. The predicted octanol–water partition coefficient (Wildman–Crippen LogP) is 2.63. The molecule has 3 amide bonds. The lowest BCUT2D eigenvalue weighted by atomic mass is 10.00. The molecule has 0 saturated heterocycles. The summed E-state index contributed by atoms with van der Waals surface area (Å²) in [6, 6.07) is 9.85. The van der Waals surface area contributed by atoms with E-state index in [1.165, 1.54) is 25.3 Å². The third-order valence-electron chi connectivity index (χ3n) is 5.15. The average molecular weight is 513 g/mol. The van der Waals surface area contributed by atoms with Gasteiger partial charge in [-0.2, -0.15) is 5.26 Å². The molecule has 37 heavy (non-hydrogen) atoms. The first-order valence-electron chi connectivity index (χ1n) is 11.4. The van der Waals surface area contributed by atoms with Crippen molar-refractivity contribution in [3.05, 3.63) is 53.6 Å². The first-order valence-corrected chi connectivity index (χ1v) is 11.4. The van der Waals surface area contributed by atoms with Gasteiger partial charge in [0, 0.05) is 5.69 Å². The number of carbonyl (C=O) groups is 3. The van der Waals surface area contributed by atoms with Crippen LogP contribution in [-0.4, -0.2) is 64.9 Å². The van der Waals surface area contributed by atoms with Crippen molar-refractivity contribution in [2.75, 3.05) is 25.6 Å². The number of aliphatic hydroxyl groups is 1. The van der Waals surface area contributed by atoms with Gasteiger partial charge in [-0.3, -0.25) is 9.59 Å². The fourth-order valence-electron chi connectivity index (χ4n) is 3.41. The van der Waals surface area contributed by atoms with Crippen LogP contribution < -0.4 is 15.4 Å². The number of anilines is 1. The molecule has 0 aliphatic carbocycles. The molecule has 2 atom stereocenters. The van der Waals surface area contributed by atoms with Crippen LogP contribution in [0.1, 0.15) is 37.9 Å². The SMILES string of the molecule is COc1ccc(NC(=O)C(c2ccc(O)c(C)c2)N(CC#N)C(=O)C(CO)NC(=O)OC(C)(C)C)cc1. The van der Waals surface area contributed by atoms with E-state index in [0.717, 1.165) is 4.90 Å². The molecule has 0 saturated carbocycles. The van der Waals surface area contributed by atoms with Crippen LogP contribution in [0.2, 0.25) is 0 Å². The minimum absolute atomic E-state index is 0.0175. The highest BCUT2D eigenvalue weighted by Gasteiger charge is 2.36.